The number of aromatic nitrogens is 4. The van der Waals surface area contributed by atoms with Crippen molar-refractivity contribution in [3.63, 3.8) is 0 Å². The first-order valence-electron chi connectivity index (χ1n) is 7.12. The molecule has 110 valence electrons. The van der Waals surface area contributed by atoms with E-state index in [0.717, 1.165) is 12.2 Å². The Morgan fingerprint density at radius 2 is 2.24 bits per heavy atom. The lowest BCUT2D eigenvalue weighted by Crippen LogP contribution is -2.34. The van der Waals surface area contributed by atoms with Crippen LogP contribution in [0.4, 0.5) is 0 Å². The molecule has 0 radical (unpaired) electrons. The van der Waals surface area contributed by atoms with Crippen molar-refractivity contribution in [3.05, 3.63) is 41.2 Å². The number of carbonyl (C=O) groups is 1. The first-order chi connectivity index (χ1) is 10.0. The number of carboxylic acid groups (broad SMARTS) is 1. The second-order valence-corrected chi connectivity index (χ2v) is 5.87. The van der Waals surface area contributed by atoms with E-state index in [1.165, 1.54) is 11.1 Å². The van der Waals surface area contributed by atoms with Crippen molar-refractivity contribution in [2.24, 2.45) is 5.41 Å². The van der Waals surface area contributed by atoms with Crippen molar-refractivity contribution >= 4 is 5.97 Å². The topological polar surface area (TPSA) is 80.9 Å². The smallest absolute Gasteiger partial charge is 0.311 e. The number of fused-ring (bicyclic) bond motifs is 1. The zero-order valence-electron chi connectivity index (χ0n) is 12.2. The van der Waals surface area contributed by atoms with Gasteiger partial charge in [-0.2, -0.15) is 0 Å². The average molecular weight is 286 g/mol. The molecule has 1 heterocycles. The highest BCUT2D eigenvalue weighted by atomic mass is 16.4. The molecule has 0 amide bonds. The minimum atomic E-state index is -0.854. The third-order valence-electron chi connectivity index (χ3n) is 4.52. The van der Waals surface area contributed by atoms with Gasteiger partial charge in [0.2, 0.25) is 0 Å². The first-order valence-corrected chi connectivity index (χ1v) is 7.12. The van der Waals surface area contributed by atoms with Crippen LogP contribution in [0, 0.1) is 5.41 Å². The van der Waals surface area contributed by atoms with Crippen LogP contribution in [0.15, 0.2) is 24.3 Å². The molecule has 0 saturated carbocycles. The lowest BCUT2D eigenvalue weighted by Gasteiger charge is -2.30. The normalized spacial score (nSPS) is 19.4. The molecule has 0 aliphatic heterocycles. The predicted octanol–water partition coefficient (Wildman–Crippen LogP) is 1.86. The molecule has 6 nitrogen and oxygen atoms in total. The van der Waals surface area contributed by atoms with Crippen molar-refractivity contribution in [1.82, 2.24) is 20.2 Å². The van der Waals surface area contributed by atoms with E-state index >= 15 is 0 Å². The van der Waals surface area contributed by atoms with Gasteiger partial charge in [-0.1, -0.05) is 31.2 Å². The Bertz CT molecular complexity index is 682. The monoisotopic (exact) mass is 286 g/mol. The highest BCUT2D eigenvalue weighted by Crippen LogP contribution is 2.39. The molecule has 1 aromatic heterocycles. The van der Waals surface area contributed by atoms with Gasteiger partial charge in [0.05, 0.1) is 17.9 Å². The number of aliphatic carboxylic acids is 1. The SMILES string of the molecule is CCC(C)(Cn1nnnc1C1Cc2ccccc21)C(=O)O. The molecule has 1 N–H and O–H groups in total. The molecule has 1 aliphatic carbocycles. The molecule has 21 heavy (non-hydrogen) atoms. The summed E-state index contributed by atoms with van der Waals surface area (Å²) < 4.78 is 1.65. The van der Waals surface area contributed by atoms with Crippen LogP contribution in [0.25, 0.3) is 0 Å². The molecular formula is C15H18N4O2. The maximum atomic E-state index is 11.5. The fraction of sp³-hybridized carbons (Fsp3) is 0.467. The fourth-order valence-electron chi connectivity index (χ4n) is 2.72. The summed E-state index contributed by atoms with van der Waals surface area (Å²) in [7, 11) is 0. The van der Waals surface area contributed by atoms with Gasteiger partial charge in [0.15, 0.2) is 5.82 Å². The number of hydrogen-bond acceptors (Lipinski definition) is 4. The van der Waals surface area contributed by atoms with Gasteiger partial charge < -0.3 is 5.11 Å². The van der Waals surface area contributed by atoms with Crippen LogP contribution in [0.1, 0.15) is 43.1 Å². The van der Waals surface area contributed by atoms with Crippen molar-refractivity contribution in [2.45, 2.75) is 39.2 Å². The Morgan fingerprint density at radius 3 is 2.90 bits per heavy atom. The summed E-state index contributed by atoms with van der Waals surface area (Å²) in [5, 5.41) is 21.3. The van der Waals surface area contributed by atoms with E-state index in [1.54, 1.807) is 11.6 Å². The minimum absolute atomic E-state index is 0.172. The summed E-state index contributed by atoms with van der Waals surface area (Å²) in [6, 6.07) is 8.22. The van der Waals surface area contributed by atoms with E-state index in [1.807, 2.05) is 19.1 Å². The van der Waals surface area contributed by atoms with Crippen LogP contribution in [-0.4, -0.2) is 31.3 Å². The summed E-state index contributed by atoms with van der Waals surface area (Å²) >= 11 is 0. The van der Waals surface area contributed by atoms with Crippen LogP contribution >= 0.6 is 0 Å². The number of tetrazole rings is 1. The van der Waals surface area contributed by atoms with Crippen LogP contribution in [-0.2, 0) is 17.8 Å². The minimum Gasteiger partial charge on any atom is -0.481 e. The lowest BCUT2D eigenvalue weighted by atomic mass is 9.77. The van der Waals surface area contributed by atoms with Gasteiger partial charge in [-0.3, -0.25) is 4.79 Å². The summed E-state index contributed by atoms with van der Waals surface area (Å²) in [6.45, 7) is 3.89. The highest BCUT2D eigenvalue weighted by Gasteiger charge is 2.36. The number of carboxylic acids is 1. The molecule has 2 aromatic rings. The Labute approximate surface area is 122 Å². The molecule has 2 atom stereocenters. The Kier molecular flexibility index (Phi) is 3.23. The Morgan fingerprint density at radius 1 is 1.48 bits per heavy atom. The molecule has 1 aliphatic rings. The summed E-state index contributed by atoms with van der Waals surface area (Å²) in [5.41, 5.74) is 1.70. The Balaban J connectivity index is 1.88. The van der Waals surface area contributed by atoms with E-state index in [-0.39, 0.29) is 5.92 Å². The average Bonchev–Trinajstić information content (AvgIpc) is 2.87. The third kappa shape index (κ3) is 2.20. The van der Waals surface area contributed by atoms with Gasteiger partial charge in [-0.15, -0.1) is 5.10 Å². The zero-order chi connectivity index (χ0) is 15.0. The van der Waals surface area contributed by atoms with E-state index < -0.39 is 11.4 Å². The number of rotatable bonds is 5. The van der Waals surface area contributed by atoms with Gasteiger partial charge in [-0.05, 0) is 41.3 Å². The molecule has 1 aromatic carbocycles. The van der Waals surface area contributed by atoms with Crippen LogP contribution in [0.3, 0.4) is 0 Å². The van der Waals surface area contributed by atoms with Crippen LogP contribution in [0.2, 0.25) is 0 Å². The second kappa shape index (κ2) is 4.95. The largest absolute Gasteiger partial charge is 0.481 e. The first kappa shape index (κ1) is 13.7. The zero-order valence-corrected chi connectivity index (χ0v) is 12.2. The molecule has 2 unspecified atom stereocenters. The van der Waals surface area contributed by atoms with Gasteiger partial charge in [-0.25, -0.2) is 4.68 Å². The Hall–Kier alpha value is -2.24. The number of nitrogens with zero attached hydrogens (tertiary/aromatic N) is 4. The van der Waals surface area contributed by atoms with E-state index in [0.29, 0.717) is 13.0 Å². The quantitative estimate of drug-likeness (QED) is 0.907. The molecule has 0 saturated heterocycles. The van der Waals surface area contributed by atoms with Crippen molar-refractivity contribution in [1.29, 1.82) is 0 Å². The summed E-state index contributed by atoms with van der Waals surface area (Å²) in [6.07, 6.45) is 1.44. The standard InChI is InChI=1S/C15H18N4O2/c1-3-15(2,14(20)21)9-19-13(16-17-18-19)12-8-10-6-4-5-7-11(10)12/h4-7,12H,3,8-9H2,1-2H3,(H,20,21). The van der Waals surface area contributed by atoms with Gasteiger partial charge >= 0.3 is 5.97 Å². The predicted molar refractivity (Wildman–Crippen MR) is 75.8 cm³/mol. The van der Waals surface area contributed by atoms with Crippen LogP contribution < -0.4 is 0 Å². The van der Waals surface area contributed by atoms with E-state index in [9.17, 15) is 9.90 Å². The molecule has 0 fully saturated rings. The molecule has 0 bridgehead atoms. The molecule has 0 spiro atoms. The maximum absolute atomic E-state index is 11.5. The van der Waals surface area contributed by atoms with Crippen molar-refractivity contribution < 1.29 is 9.90 Å². The second-order valence-electron chi connectivity index (χ2n) is 5.87. The van der Waals surface area contributed by atoms with E-state index in [2.05, 4.69) is 27.7 Å². The van der Waals surface area contributed by atoms with Gasteiger partial charge in [0.1, 0.15) is 0 Å². The number of hydrogen-bond donors (Lipinski definition) is 1. The number of benzene rings is 1. The van der Waals surface area contributed by atoms with Crippen molar-refractivity contribution in [2.75, 3.05) is 0 Å². The van der Waals surface area contributed by atoms with Crippen molar-refractivity contribution in [3.8, 4) is 0 Å². The van der Waals surface area contributed by atoms with Gasteiger partial charge in [0, 0.05) is 0 Å². The molecule has 3 rings (SSSR count). The fourth-order valence-corrected chi connectivity index (χ4v) is 2.72. The summed E-state index contributed by atoms with van der Waals surface area (Å²) in [5.74, 6) is 0.112. The molecule has 6 heteroatoms. The summed E-state index contributed by atoms with van der Waals surface area (Å²) in [4.78, 5) is 11.5. The maximum Gasteiger partial charge on any atom is 0.311 e. The molecular weight excluding hydrogens is 268 g/mol. The highest BCUT2D eigenvalue weighted by molar-refractivity contribution is 5.73. The van der Waals surface area contributed by atoms with Crippen LogP contribution in [0.5, 0.6) is 0 Å². The third-order valence-corrected chi connectivity index (χ3v) is 4.52. The van der Waals surface area contributed by atoms with Gasteiger partial charge in [0.25, 0.3) is 0 Å². The van der Waals surface area contributed by atoms with E-state index in [4.69, 9.17) is 0 Å². The lowest BCUT2D eigenvalue weighted by molar-refractivity contribution is -0.149.